The van der Waals surface area contributed by atoms with Gasteiger partial charge in [-0.25, -0.2) is 17.9 Å². The molecule has 0 saturated carbocycles. The first-order valence-electron chi connectivity index (χ1n) is 5.82. The summed E-state index contributed by atoms with van der Waals surface area (Å²) in [5.41, 5.74) is 0.774. The highest BCUT2D eigenvalue weighted by Crippen LogP contribution is 2.31. The molecule has 6 nitrogen and oxygen atoms in total. The maximum absolute atomic E-state index is 12.1. The van der Waals surface area contributed by atoms with Gasteiger partial charge in [-0.05, 0) is 34.1 Å². The van der Waals surface area contributed by atoms with Gasteiger partial charge in [-0.15, -0.1) is 11.3 Å². The van der Waals surface area contributed by atoms with Crippen LogP contribution < -0.4 is 4.72 Å². The number of sulfonamides is 1. The predicted octanol–water partition coefficient (Wildman–Crippen LogP) is 2.12. The third-order valence-electron chi connectivity index (χ3n) is 2.56. The van der Waals surface area contributed by atoms with Crippen molar-refractivity contribution in [2.75, 3.05) is 6.54 Å². The molecule has 0 aromatic carbocycles. The number of aromatic nitrogens is 1. The van der Waals surface area contributed by atoms with Gasteiger partial charge in [0.25, 0.3) is 0 Å². The molecule has 9 heteroatoms. The normalized spacial score (nSPS) is 11.5. The van der Waals surface area contributed by atoms with Gasteiger partial charge in [0.15, 0.2) is 0 Å². The predicted molar refractivity (Wildman–Crippen MR) is 82.1 cm³/mol. The molecule has 2 aromatic rings. The number of thiophene rings is 1. The second-order valence-corrected chi connectivity index (χ2v) is 8.13. The van der Waals surface area contributed by atoms with Crippen LogP contribution >= 0.6 is 27.3 Å². The molecule has 0 aliphatic heterocycles. The van der Waals surface area contributed by atoms with E-state index in [1.165, 1.54) is 0 Å². The number of hydrogen-bond acceptors (Lipinski definition) is 5. The Morgan fingerprint density at radius 3 is 2.76 bits per heavy atom. The molecule has 0 unspecified atom stereocenters. The van der Waals surface area contributed by atoms with Gasteiger partial charge in [-0.1, -0.05) is 6.07 Å². The Labute approximate surface area is 134 Å². The molecule has 21 heavy (non-hydrogen) atoms. The number of halogens is 1. The van der Waals surface area contributed by atoms with Crippen LogP contribution in [0.25, 0.3) is 0 Å². The molecular formula is C12H11BrN2O4S2. The fourth-order valence-corrected chi connectivity index (χ4v) is 5.01. The average Bonchev–Trinajstić information content (AvgIpc) is 2.83. The minimum atomic E-state index is -3.75. The van der Waals surface area contributed by atoms with Gasteiger partial charge in [0.1, 0.15) is 9.77 Å². The van der Waals surface area contributed by atoms with E-state index in [0.717, 1.165) is 23.1 Å². The van der Waals surface area contributed by atoms with Crippen molar-refractivity contribution in [3.63, 3.8) is 0 Å². The summed E-state index contributed by atoms with van der Waals surface area (Å²) in [5, 5.41) is 8.88. The van der Waals surface area contributed by atoms with Crippen molar-refractivity contribution in [3.8, 4) is 0 Å². The first-order chi connectivity index (χ1) is 9.90. The van der Waals surface area contributed by atoms with Crippen LogP contribution in [0.4, 0.5) is 0 Å². The number of hydrogen-bond donors (Lipinski definition) is 2. The van der Waals surface area contributed by atoms with E-state index in [2.05, 4.69) is 25.6 Å². The van der Waals surface area contributed by atoms with E-state index in [9.17, 15) is 13.2 Å². The van der Waals surface area contributed by atoms with E-state index < -0.39 is 16.0 Å². The maximum Gasteiger partial charge on any atom is 0.345 e. The lowest BCUT2D eigenvalue weighted by molar-refractivity contribution is 0.0702. The molecule has 0 aliphatic rings. The van der Waals surface area contributed by atoms with Crippen LogP contribution in [0.15, 0.2) is 39.1 Å². The molecule has 0 bridgehead atoms. The number of rotatable bonds is 6. The molecule has 2 N–H and O–H groups in total. The molecule has 0 saturated heterocycles. The van der Waals surface area contributed by atoms with Gasteiger partial charge in [0.05, 0.1) is 3.79 Å². The number of carboxylic acids is 1. The topological polar surface area (TPSA) is 96.4 Å². The third-order valence-corrected chi connectivity index (χ3v) is 6.26. The Hall–Kier alpha value is -1.29. The Morgan fingerprint density at radius 2 is 2.19 bits per heavy atom. The fraction of sp³-hybridized carbons (Fsp3) is 0.167. The maximum atomic E-state index is 12.1. The Kier molecular flexibility index (Phi) is 5.09. The van der Waals surface area contributed by atoms with Crippen LogP contribution in [0.1, 0.15) is 15.4 Å². The zero-order valence-electron chi connectivity index (χ0n) is 10.6. The minimum absolute atomic E-state index is 0.0352. The Balaban J connectivity index is 2.07. The van der Waals surface area contributed by atoms with Crippen molar-refractivity contribution in [1.29, 1.82) is 0 Å². The summed E-state index contributed by atoms with van der Waals surface area (Å²) in [7, 11) is -3.75. The first-order valence-corrected chi connectivity index (χ1v) is 8.91. The van der Waals surface area contributed by atoms with Gasteiger partial charge in [-0.2, -0.15) is 0 Å². The second-order valence-electron chi connectivity index (χ2n) is 4.02. The van der Waals surface area contributed by atoms with Crippen molar-refractivity contribution in [2.24, 2.45) is 0 Å². The van der Waals surface area contributed by atoms with Gasteiger partial charge in [0, 0.05) is 24.9 Å². The van der Waals surface area contributed by atoms with Crippen LogP contribution in [0.3, 0.4) is 0 Å². The Bertz CT molecular complexity index is 744. The van der Waals surface area contributed by atoms with Crippen molar-refractivity contribution in [3.05, 3.63) is 44.8 Å². The standard InChI is InChI=1S/C12H11BrN2O4S2/c13-11-10(7-9(20-11)12(16)17)21(18,19)15-6-4-8-3-1-2-5-14-8/h1-3,5,7,15H,4,6H2,(H,16,17). The second kappa shape index (κ2) is 6.65. The van der Waals surface area contributed by atoms with Crippen molar-refractivity contribution in [2.45, 2.75) is 11.3 Å². The lowest BCUT2D eigenvalue weighted by Gasteiger charge is -2.05. The van der Waals surface area contributed by atoms with Crippen molar-refractivity contribution >= 4 is 43.3 Å². The molecule has 2 heterocycles. The highest BCUT2D eigenvalue weighted by atomic mass is 79.9. The zero-order chi connectivity index (χ0) is 15.5. The van der Waals surface area contributed by atoms with Gasteiger partial charge < -0.3 is 5.11 Å². The van der Waals surface area contributed by atoms with E-state index >= 15 is 0 Å². The van der Waals surface area contributed by atoms with Crippen LogP contribution in [0, 0.1) is 0 Å². The third kappa shape index (κ3) is 4.10. The number of pyridine rings is 1. The number of nitrogens with zero attached hydrogens (tertiary/aromatic N) is 1. The van der Waals surface area contributed by atoms with Crippen LogP contribution in [-0.4, -0.2) is 31.0 Å². The summed E-state index contributed by atoms with van der Waals surface area (Å²) in [4.78, 5) is 14.9. The first kappa shape index (κ1) is 16.1. The lowest BCUT2D eigenvalue weighted by atomic mass is 10.3. The zero-order valence-corrected chi connectivity index (χ0v) is 13.8. The minimum Gasteiger partial charge on any atom is -0.477 e. The number of nitrogens with one attached hydrogen (secondary N) is 1. The van der Waals surface area contributed by atoms with E-state index in [1.54, 1.807) is 18.3 Å². The van der Waals surface area contributed by atoms with E-state index in [1.807, 2.05) is 6.07 Å². The van der Waals surface area contributed by atoms with Gasteiger partial charge in [0.2, 0.25) is 10.0 Å². The summed E-state index contributed by atoms with van der Waals surface area (Å²) in [6.07, 6.45) is 2.09. The SMILES string of the molecule is O=C(O)c1cc(S(=O)(=O)NCCc2ccccn2)c(Br)s1. The fourth-order valence-electron chi connectivity index (χ4n) is 1.58. The summed E-state index contributed by atoms with van der Waals surface area (Å²) in [6, 6.07) is 6.55. The number of carboxylic acid groups (broad SMARTS) is 1. The lowest BCUT2D eigenvalue weighted by Crippen LogP contribution is -2.26. The molecule has 0 aliphatic carbocycles. The summed E-state index contributed by atoms with van der Waals surface area (Å²) < 4.78 is 27.0. The van der Waals surface area contributed by atoms with Crippen molar-refractivity contribution < 1.29 is 18.3 Å². The van der Waals surface area contributed by atoms with Gasteiger partial charge >= 0.3 is 5.97 Å². The van der Waals surface area contributed by atoms with Crippen LogP contribution in [0.2, 0.25) is 0 Å². The van der Waals surface area contributed by atoms with Crippen molar-refractivity contribution in [1.82, 2.24) is 9.71 Å². The van der Waals surface area contributed by atoms with Crippen LogP contribution in [0.5, 0.6) is 0 Å². The number of aromatic carboxylic acids is 1. The average molecular weight is 391 g/mol. The molecule has 0 radical (unpaired) electrons. The molecule has 0 fully saturated rings. The number of carbonyl (C=O) groups is 1. The monoisotopic (exact) mass is 390 g/mol. The molecule has 0 atom stereocenters. The molecule has 112 valence electrons. The summed E-state index contributed by atoms with van der Waals surface area (Å²) in [6.45, 7) is 0.185. The molecular weight excluding hydrogens is 380 g/mol. The largest absolute Gasteiger partial charge is 0.477 e. The van der Waals surface area contributed by atoms with Crippen LogP contribution in [-0.2, 0) is 16.4 Å². The smallest absolute Gasteiger partial charge is 0.345 e. The van der Waals surface area contributed by atoms with E-state index in [-0.39, 0.29) is 20.1 Å². The highest BCUT2D eigenvalue weighted by Gasteiger charge is 2.22. The summed E-state index contributed by atoms with van der Waals surface area (Å²) in [5.74, 6) is -1.16. The van der Waals surface area contributed by atoms with E-state index in [0.29, 0.717) is 6.42 Å². The molecule has 0 amide bonds. The molecule has 2 aromatic heterocycles. The molecule has 0 spiro atoms. The molecule has 2 rings (SSSR count). The highest BCUT2D eigenvalue weighted by molar-refractivity contribution is 9.11. The quantitative estimate of drug-likeness (QED) is 0.787. The Morgan fingerprint density at radius 1 is 1.43 bits per heavy atom. The summed E-state index contributed by atoms with van der Waals surface area (Å²) >= 11 is 3.95. The van der Waals surface area contributed by atoms with Gasteiger partial charge in [-0.3, -0.25) is 4.98 Å². The van der Waals surface area contributed by atoms with E-state index in [4.69, 9.17) is 5.11 Å².